The summed E-state index contributed by atoms with van der Waals surface area (Å²) in [5.74, 6) is 0. The Bertz CT molecular complexity index is 224. The third-order valence-electron chi connectivity index (χ3n) is 3.37. The molecule has 4 nitrogen and oxygen atoms in total. The van der Waals surface area contributed by atoms with E-state index in [4.69, 9.17) is 9.84 Å². The number of hydrogen-bond donors (Lipinski definition) is 1. The van der Waals surface area contributed by atoms with Crippen LogP contribution in [0.2, 0.25) is 0 Å². The van der Waals surface area contributed by atoms with Crippen molar-refractivity contribution in [1.82, 2.24) is 4.90 Å². The van der Waals surface area contributed by atoms with Crippen LogP contribution >= 0.6 is 0 Å². The first-order chi connectivity index (χ1) is 7.31. The normalized spacial score (nSPS) is 29.0. The minimum atomic E-state index is -0.305. The van der Waals surface area contributed by atoms with Crippen LogP contribution in [-0.2, 0) is 4.74 Å². The molecule has 86 valence electrons. The van der Waals surface area contributed by atoms with Gasteiger partial charge in [0.05, 0.1) is 13.2 Å². The molecule has 0 aromatic rings. The topological polar surface area (TPSA) is 49.8 Å². The summed E-state index contributed by atoms with van der Waals surface area (Å²) in [7, 11) is 0. The van der Waals surface area contributed by atoms with Crippen molar-refractivity contribution in [3.05, 3.63) is 0 Å². The molecule has 1 N–H and O–H groups in total. The van der Waals surface area contributed by atoms with Crippen LogP contribution in [0.3, 0.4) is 0 Å². The Morgan fingerprint density at radius 3 is 2.47 bits per heavy atom. The highest BCUT2D eigenvalue weighted by molar-refractivity contribution is 5.70. The van der Waals surface area contributed by atoms with Crippen molar-refractivity contribution in [3.8, 4) is 0 Å². The van der Waals surface area contributed by atoms with Gasteiger partial charge in [0.1, 0.15) is 6.10 Å². The van der Waals surface area contributed by atoms with E-state index in [0.29, 0.717) is 12.6 Å². The maximum Gasteiger partial charge on any atom is 0.410 e. The first-order valence-electron chi connectivity index (χ1n) is 5.89. The molecule has 0 spiro atoms. The standard InChI is InChI=1S/C11H19NO3/c13-8-10-7-12(11(14)15-10)9-5-3-1-2-4-6-9/h9-10,13H,1-8H2/t10-/m1/s1. The van der Waals surface area contributed by atoms with Crippen LogP contribution in [-0.4, -0.2) is 41.4 Å². The van der Waals surface area contributed by atoms with E-state index in [1.54, 1.807) is 0 Å². The zero-order chi connectivity index (χ0) is 10.7. The molecule has 1 aliphatic carbocycles. The molecule has 0 aromatic heterocycles. The van der Waals surface area contributed by atoms with E-state index in [-0.39, 0.29) is 18.8 Å². The van der Waals surface area contributed by atoms with Gasteiger partial charge in [0, 0.05) is 6.04 Å². The number of cyclic esters (lactones) is 1. The van der Waals surface area contributed by atoms with Gasteiger partial charge in [-0.2, -0.15) is 0 Å². The molecule has 1 heterocycles. The summed E-state index contributed by atoms with van der Waals surface area (Å²) in [4.78, 5) is 13.4. The molecule has 2 rings (SSSR count). The summed E-state index contributed by atoms with van der Waals surface area (Å²) in [5.41, 5.74) is 0. The van der Waals surface area contributed by atoms with Crippen LogP contribution in [0.5, 0.6) is 0 Å². The minimum absolute atomic E-state index is 0.0606. The maximum atomic E-state index is 11.5. The van der Waals surface area contributed by atoms with Crippen molar-refractivity contribution in [3.63, 3.8) is 0 Å². The Hall–Kier alpha value is -0.770. The van der Waals surface area contributed by atoms with Crippen molar-refractivity contribution >= 4 is 6.09 Å². The molecular formula is C11H19NO3. The van der Waals surface area contributed by atoms with Gasteiger partial charge in [-0.05, 0) is 12.8 Å². The van der Waals surface area contributed by atoms with Crippen molar-refractivity contribution in [1.29, 1.82) is 0 Å². The highest BCUT2D eigenvalue weighted by Crippen LogP contribution is 2.25. The summed E-state index contributed by atoms with van der Waals surface area (Å²) in [6.45, 7) is 0.509. The number of ether oxygens (including phenoxy) is 1. The van der Waals surface area contributed by atoms with E-state index in [0.717, 1.165) is 12.8 Å². The number of hydrogen-bond acceptors (Lipinski definition) is 3. The zero-order valence-electron chi connectivity index (χ0n) is 9.02. The minimum Gasteiger partial charge on any atom is -0.442 e. The Morgan fingerprint density at radius 2 is 1.93 bits per heavy atom. The number of carbonyl (C=O) groups excluding carboxylic acids is 1. The smallest absolute Gasteiger partial charge is 0.410 e. The number of carbonyl (C=O) groups is 1. The number of rotatable bonds is 2. The van der Waals surface area contributed by atoms with Gasteiger partial charge in [0.2, 0.25) is 0 Å². The lowest BCUT2D eigenvalue weighted by atomic mass is 10.1. The highest BCUT2D eigenvalue weighted by atomic mass is 16.6. The molecule has 1 amide bonds. The summed E-state index contributed by atoms with van der Waals surface area (Å²) in [6.07, 6.45) is 6.62. The first-order valence-corrected chi connectivity index (χ1v) is 5.89. The summed E-state index contributed by atoms with van der Waals surface area (Å²) in [5, 5.41) is 8.95. The molecular weight excluding hydrogens is 194 g/mol. The van der Waals surface area contributed by atoms with E-state index in [1.165, 1.54) is 25.7 Å². The molecule has 1 atom stereocenters. The third-order valence-corrected chi connectivity index (χ3v) is 3.37. The number of aliphatic hydroxyl groups is 1. The van der Waals surface area contributed by atoms with E-state index in [1.807, 2.05) is 4.90 Å². The number of aliphatic hydroxyl groups excluding tert-OH is 1. The fourth-order valence-corrected chi connectivity index (χ4v) is 2.50. The van der Waals surface area contributed by atoms with E-state index in [2.05, 4.69) is 0 Å². The monoisotopic (exact) mass is 213 g/mol. The van der Waals surface area contributed by atoms with E-state index in [9.17, 15) is 4.79 Å². The first kappa shape index (κ1) is 10.7. The Balaban J connectivity index is 1.94. The molecule has 1 saturated carbocycles. The van der Waals surface area contributed by atoms with E-state index < -0.39 is 0 Å². The molecule has 15 heavy (non-hydrogen) atoms. The van der Waals surface area contributed by atoms with Gasteiger partial charge in [0.25, 0.3) is 0 Å². The summed E-state index contributed by atoms with van der Waals surface area (Å²) in [6, 6.07) is 0.344. The molecule has 0 radical (unpaired) electrons. The lowest BCUT2D eigenvalue weighted by Crippen LogP contribution is -2.36. The Labute approximate surface area is 90.2 Å². The van der Waals surface area contributed by atoms with E-state index >= 15 is 0 Å². The second kappa shape index (κ2) is 4.84. The lowest BCUT2D eigenvalue weighted by Gasteiger charge is -2.24. The average Bonchev–Trinajstić information content (AvgIpc) is 2.48. The second-order valence-electron chi connectivity index (χ2n) is 4.49. The van der Waals surface area contributed by atoms with Crippen LogP contribution in [0.4, 0.5) is 4.79 Å². The maximum absolute atomic E-state index is 11.5. The molecule has 4 heteroatoms. The molecule has 0 bridgehead atoms. The molecule has 2 aliphatic rings. The van der Waals surface area contributed by atoms with Gasteiger partial charge >= 0.3 is 6.09 Å². The van der Waals surface area contributed by atoms with Gasteiger partial charge in [0.15, 0.2) is 0 Å². The average molecular weight is 213 g/mol. The highest BCUT2D eigenvalue weighted by Gasteiger charge is 2.35. The second-order valence-corrected chi connectivity index (χ2v) is 4.49. The molecule has 1 saturated heterocycles. The summed E-state index contributed by atoms with van der Waals surface area (Å²) >= 11 is 0. The number of nitrogens with zero attached hydrogens (tertiary/aromatic N) is 1. The molecule has 0 aromatic carbocycles. The van der Waals surface area contributed by atoms with Gasteiger partial charge in [-0.25, -0.2) is 4.79 Å². The Kier molecular flexibility index (Phi) is 3.46. The fourth-order valence-electron chi connectivity index (χ4n) is 2.50. The lowest BCUT2D eigenvalue weighted by molar-refractivity contribution is 0.0938. The van der Waals surface area contributed by atoms with Crippen molar-refractivity contribution < 1.29 is 14.6 Å². The van der Waals surface area contributed by atoms with Crippen LogP contribution in [0.1, 0.15) is 38.5 Å². The van der Waals surface area contributed by atoms with Crippen LogP contribution in [0.15, 0.2) is 0 Å². The molecule has 1 aliphatic heterocycles. The van der Waals surface area contributed by atoms with Crippen LogP contribution < -0.4 is 0 Å². The SMILES string of the molecule is O=C1O[C@@H](CO)CN1C1CCCCCC1. The molecule has 2 fully saturated rings. The van der Waals surface area contributed by atoms with Crippen LogP contribution in [0, 0.1) is 0 Å². The largest absolute Gasteiger partial charge is 0.442 e. The van der Waals surface area contributed by atoms with Gasteiger partial charge in [-0.3, -0.25) is 0 Å². The van der Waals surface area contributed by atoms with Gasteiger partial charge in [-0.15, -0.1) is 0 Å². The Morgan fingerprint density at radius 1 is 1.27 bits per heavy atom. The zero-order valence-corrected chi connectivity index (χ0v) is 9.02. The van der Waals surface area contributed by atoms with Gasteiger partial charge in [-0.1, -0.05) is 25.7 Å². The van der Waals surface area contributed by atoms with Gasteiger partial charge < -0.3 is 14.7 Å². The summed E-state index contributed by atoms with van der Waals surface area (Å²) < 4.78 is 5.05. The predicted octanol–water partition coefficient (Wildman–Crippen LogP) is 1.52. The van der Waals surface area contributed by atoms with Crippen molar-refractivity contribution in [2.24, 2.45) is 0 Å². The van der Waals surface area contributed by atoms with Crippen molar-refractivity contribution in [2.75, 3.05) is 13.2 Å². The third kappa shape index (κ3) is 2.43. The quantitative estimate of drug-likeness (QED) is 0.707. The molecule has 0 unspecified atom stereocenters. The number of amides is 1. The predicted molar refractivity (Wildman–Crippen MR) is 55.6 cm³/mol. The van der Waals surface area contributed by atoms with Crippen LogP contribution in [0.25, 0.3) is 0 Å². The van der Waals surface area contributed by atoms with Crippen molar-refractivity contribution in [2.45, 2.75) is 50.7 Å². The fraction of sp³-hybridized carbons (Fsp3) is 0.909.